The largest absolute Gasteiger partial charge is 0.434 e. The van der Waals surface area contributed by atoms with Gasteiger partial charge in [-0.3, -0.25) is 0 Å². The van der Waals surface area contributed by atoms with Crippen LogP contribution >= 0.6 is 12.4 Å². The van der Waals surface area contributed by atoms with Crippen LogP contribution in [-0.2, 0) is 6.54 Å². The molecule has 0 radical (unpaired) electrons. The van der Waals surface area contributed by atoms with Crippen LogP contribution in [0.25, 0.3) is 0 Å². The summed E-state index contributed by atoms with van der Waals surface area (Å²) in [6.07, 6.45) is 0.347. The number of hydrogen-bond donors (Lipinski definition) is 3. The molecule has 0 spiro atoms. The lowest BCUT2D eigenvalue weighted by Gasteiger charge is -2.14. The highest BCUT2D eigenvalue weighted by atomic mass is 35.5. The quantitative estimate of drug-likeness (QED) is 0.451. The Morgan fingerprint density at radius 1 is 1.56 bits per heavy atom. The molecule has 92 valence electrons. The molecule has 1 aromatic rings. The number of imidazole rings is 1. The van der Waals surface area contributed by atoms with Crippen LogP contribution in [0.15, 0.2) is 12.4 Å². The van der Waals surface area contributed by atoms with Gasteiger partial charge in [0.1, 0.15) is 25.0 Å². The van der Waals surface area contributed by atoms with Crippen LogP contribution in [0.5, 0.6) is 0 Å². The van der Waals surface area contributed by atoms with Gasteiger partial charge in [0, 0.05) is 6.54 Å². The van der Waals surface area contributed by atoms with E-state index in [4.69, 9.17) is 5.73 Å². The number of nitro groups is 1. The number of aliphatic hydroxyl groups excluding tert-OH is 2. The van der Waals surface area contributed by atoms with Crippen molar-refractivity contribution in [1.29, 1.82) is 0 Å². The van der Waals surface area contributed by atoms with Crippen LogP contribution in [0, 0.1) is 10.1 Å². The van der Waals surface area contributed by atoms with Crippen LogP contribution in [0.2, 0.25) is 0 Å². The molecule has 2 unspecified atom stereocenters. The number of aliphatic hydroxyl groups is 2. The van der Waals surface area contributed by atoms with Crippen LogP contribution in [0.1, 0.15) is 0 Å². The second kappa shape index (κ2) is 6.38. The van der Waals surface area contributed by atoms with Gasteiger partial charge in [-0.15, -0.1) is 12.4 Å². The highest BCUT2D eigenvalue weighted by molar-refractivity contribution is 5.85. The van der Waals surface area contributed by atoms with Gasteiger partial charge < -0.3 is 26.1 Å². The molecule has 2 atom stereocenters. The summed E-state index contributed by atoms with van der Waals surface area (Å²) in [6, 6.07) is 0. The van der Waals surface area contributed by atoms with Gasteiger partial charge in [0.25, 0.3) is 0 Å². The Kier molecular flexibility index (Phi) is 5.89. The maximum atomic E-state index is 10.5. The maximum absolute atomic E-state index is 10.5. The molecule has 0 aromatic carbocycles. The fourth-order valence-electron chi connectivity index (χ4n) is 1.10. The maximum Gasteiger partial charge on any atom is 0.434 e. The molecule has 8 nitrogen and oxygen atoms in total. The summed E-state index contributed by atoms with van der Waals surface area (Å²) in [4.78, 5) is 13.3. The van der Waals surface area contributed by atoms with Gasteiger partial charge in [0.15, 0.2) is 0 Å². The number of halogens is 1. The fourth-order valence-corrected chi connectivity index (χ4v) is 1.10. The molecule has 0 aliphatic rings. The van der Waals surface area contributed by atoms with E-state index in [0.29, 0.717) is 0 Å². The Morgan fingerprint density at radius 2 is 2.19 bits per heavy atom. The number of nitrogens with two attached hydrogens (primary N) is 1. The molecule has 0 saturated heterocycles. The van der Waals surface area contributed by atoms with Crippen molar-refractivity contribution in [2.75, 3.05) is 6.54 Å². The van der Waals surface area contributed by atoms with Crippen molar-refractivity contribution in [2.24, 2.45) is 5.73 Å². The van der Waals surface area contributed by atoms with Crippen LogP contribution < -0.4 is 5.73 Å². The molecule has 0 fully saturated rings. The lowest BCUT2D eigenvalue weighted by atomic mass is 10.2. The van der Waals surface area contributed by atoms with Gasteiger partial charge in [0.2, 0.25) is 0 Å². The van der Waals surface area contributed by atoms with Crippen molar-refractivity contribution >= 4 is 18.4 Å². The second-order valence-electron chi connectivity index (χ2n) is 3.01. The van der Waals surface area contributed by atoms with Crippen molar-refractivity contribution in [3.8, 4) is 0 Å². The van der Waals surface area contributed by atoms with Gasteiger partial charge in [-0.25, -0.2) is 4.57 Å². The second-order valence-corrected chi connectivity index (χ2v) is 3.01. The summed E-state index contributed by atoms with van der Waals surface area (Å²) >= 11 is 0. The summed E-state index contributed by atoms with van der Waals surface area (Å²) in [7, 11) is 0. The van der Waals surface area contributed by atoms with Crippen molar-refractivity contribution in [3.05, 3.63) is 22.5 Å². The van der Waals surface area contributed by atoms with Crippen LogP contribution in [0.4, 0.5) is 5.95 Å². The third-order valence-corrected chi connectivity index (χ3v) is 1.93. The smallest absolute Gasteiger partial charge is 0.390 e. The molecule has 0 amide bonds. The van der Waals surface area contributed by atoms with E-state index < -0.39 is 17.1 Å². The number of hydrogen-bond acceptors (Lipinski definition) is 6. The van der Waals surface area contributed by atoms with Gasteiger partial charge in [0.05, 0.1) is 6.10 Å². The van der Waals surface area contributed by atoms with E-state index in [1.165, 1.54) is 12.4 Å². The molecule has 0 saturated carbocycles. The number of nitrogens with zero attached hydrogens (tertiary/aromatic N) is 3. The summed E-state index contributed by atoms with van der Waals surface area (Å²) in [5.74, 6) is -0.377. The molecule has 16 heavy (non-hydrogen) atoms. The number of aromatic nitrogens is 2. The Labute approximate surface area is 97.3 Å². The zero-order chi connectivity index (χ0) is 11.4. The minimum absolute atomic E-state index is 0. The molecule has 0 bridgehead atoms. The van der Waals surface area contributed by atoms with Gasteiger partial charge >= 0.3 is 5.95 Å². The Hall–Kier alpha value is -1.22. The topological polar surface area (TPSA) is 127 Å². The standard InChI is InChI=1S/C7H12N4O4.ClH/c8-3-5(12)6(13)4-10-2-1-9-7(10)11(14)15;/h1-2,5-6,12-13H,3-4,8H2;1H. The lowest BCUT2D eigenvalue weighted by Crippen LogP contribution is -2.36. The minimum atomic E-state index is -1.15. The summed E-state index contributed by atoms with van der Waals surface area (Å²) in [5, 5.41) is 29.0. The SMILES string of the molecule is Cl.NCC(O)C(O)Cn1ccnc1[N+](=O)[O-]. The molecule has 0 aliphatic heterocycles. The Morgan fingerprint density at radius 3 is 2.69 bits per heavy atom. The normalized spacial score (nSPS) is 13.9. The van der Waals surface area contributed by atoms with Crippen LogP contribution in [0.3, 0.4) is 0 Å². The average molecular weight is 253 g/mol. The molecule has 1 rings (SSSR count). The highest BCUT2D eigenvalue weighted by Gasteiger charge is 2.21. The predicted molar refractivity (Wildman–Crippen MR) is 57.2 cm³/mol. The number of rotatable bonds is 5. The Balaban J connectivity index is 0.00000225. The van der Waals surface area contributed by atoms with Crippen molar-refractivity contribution < 1.29 is 15.1 Å². The first-order valence-electron chi connectivity index (χ1n) is 4.28. The minimum Gasteiger partial charge on any atom is -0.390 e. The average Bonchev–Trinajstić information content (AvgIpc) is 2.64. The van der Waals surface area contributed by atoms with E-state index in [1.807, 2.05) is 0 Å². The van der Waals surface area contributed by atoms with Crippen molar-refractivity contribution in [2.45, 2.75) is 18.8 Å². The summed E-state index contributed by atoms with van der Waals surface area (Å²) in [6.45, 7) is -0.224. The van der Waals surface area contributed by atoms with E-state index in [0.717, 1.165) is 4.57 Å². The first-order chi connectivity index (χ1) is 7.06. The van der Waals surface area contributed by atoms with E-state index in [1.54, 1.807) is 0 Å². The molecule has 9 heteroatoms. The molecular formula is C7H13ClN4O4. The van der Waals surface area contributed by atoms with Gasteiger partial charge in [-0.1, -0.05) is 4.98 Å². The summed E-state index contributed by atoms with van der Waals surface area (Å²) < 4.78 is 1.14. The first-order valence-corrected chi connectivity index (χ1v) is 4.28. The van der Waals surface area contributed by atoms with E-state index >= 15 is 0 Å². The molecule has 4 N–H and O–H groups in total. The summed E-state index contributed by atoms with van der Waals surface area (Å²) in [5.41, 5.74) is 5.13. The van der Waals surface area contributed by atoms with E-state index in [-0.39, 0.29) is 31.4 Å². The van der Waals surface area contributed by atoms with Crippen molar-refractivity contribution in [1.82, 2.24) is 9.55 Å². The monoisotopic (exact) mass is 252 g/mol. The van der Waals surface area contributed by atoms with Crippen LogP contribution in [-0.4, -0.2) is 43.4 Å². The Bertz CT molecular complexity index is 345. The highest BCUT2D eigenvalue weighted by Crippen LogP contribution is 2.09. The van der Waals surface area contributed by atoms with Crippen molar-refractivity contribution in [3.63, 3.8) is 0 Å². The van der Waals surface area contributed by atoms with E-state index in [9.17, 15) is 20.3 Å². The zero-order valence-electron chi connectivity index (χ0n) is 8.26. The fraction of sp³-hybridized carbons (Fsp3) is 0.571. The molecular weight excluding hydrogens is 240 g/mol. The molecule has 1 heterocycles. The van der Waals surface area contributed by atoms with E-state index in [2.05, 4.69) is 4.98 Å². The lowest BCUT2D eigenvalue weighted by molar-refractivity contribution is -0.397. The third-order valence-electron chi connectivity index (χ3n) is 1.93. The molecule has 0 aliphatic carbocycles. The predicted octanol–water partition coefficient (Wildman–Crippen LogP) is -1.11. The van der Waals surface area contributed by atoms with Gasteiger partial charge in [-0.2, -0.15) is 0 Å². The first kappa shape index (κ1) is 14.8. The zero-order valence-corrected chi connectivity index (χ0v) is 9.08. The van der Waals surface area contributed by atoms with Gasteiger partial charge in [-0.05, 0) is 4.92 Å². The third kappa shape index (κ3) is 3.42. The molecule has 1 aromatic heterocycles.